The van der Waals surface area contributed by atoms with Gasteiger partial charge in [0.25, 0.3) is 0 Å². The Morgan fingerprint density at radius 2 is 1.95 bits per heavy atom. The van der Waals surface area contributed by atoms with E-state index in [1.807, 2.05) is 0 Å². The highest BCUT2D eigenvalue weighted by Gasteiger charge is 2.39. The molecule has 1 aliphatic carbocycles. The molecule has 1 aromatic rings. The number of hydrogen-bond acceptors (Lipinski definition) is 3. The number of thioether (sulfide) groups is 1. The van der Waals surface area contributed by atoms with Gasteiger partial charge in [-0.1, -0.05) is 12.1 Å². The second kappa shape index (κ2) is 6.40. The van der Waals surface area contributed by atoms with Gasteiger partial charge in [-0.3, -0.25) is 0 Å². The summed E-state index contributed by atoms with van der Waals surface area (Å²) in [5.41, 5.74) is 0.242. The first-order chi connectivity index (χ1) is 9.44. The SMILES string of the molecule is CSc1ccccc1OC1(CCNC(C)(C)C)CCC1. The van der Waals surface area contributed by atoms with Crippen LogP contribution in [0.15, 0.2) is 29.2 Å². The van der Waals surface area contributed by atoms with Crippen LogP contribution in [0.2, 0.25) is 0 Å². The van der Waals surface area contributed by atoms with Gasteiger partial charge in [-0.15, -0.1) is 11.8 Å². The Labute approximate surface area is 127 Å². The van der Waals surface area contributed by atoms with Crippen LogP contribution in [0.3, 0.4) is 0 Å². The van der Waals surface area contributed by atoms with Crippen molar-refractivity contribution in [1.82, 2.24) is 5.32 Å². The third kappa shape index (κ3) is 4.16. The van der Waals surface area contributed by atoms with E-state index in [1.165, 1.54) is 24.2 Å². The van der Waals surface area contributed by atoms with E-state index >= 15 is 0 Å². The lowest BCUT2D eigenvalue weighted by Crippen LogP contribution is -2.47. The van der Waals surface area contributed by atoms with Crippen molar-refractivity contribution >= 4 is 11.8 Å². The van der Waals surface area contributed by atoms with E-state index in [4.69, 9.17) is 4.74 Å². The molecule has 0 heterocycles. The number of benzene rings is 1. The number of nitrogens with one attached hydrogen (secondary N) is 1. The maximum absolute atomic E-state index is 6.41. The van der Waals surface area contributed by atoms with Crippen LogP contribution in [0.4, 0.5) is 0 Å². The molecule has 1 N–H and O–H groups in total. The maximum Gasteiger partial charge on any atom is 0.133 e. The highest BCUT2D eigenvalue weighted by molar-refractivity contribution is 7.98. The zero-order valence-corrected chi connectivity index (χ0v) is 14.0. The normalized spacial score (nSPS) is 17.6. The smallest absolute Gasteiger partial charge is 0.133 e. The van der Waals surface area contributed by atoms with Gasteiger partial charge in [-0.25, -0.2) is 0 Å². The first kappa shape index (κ1) is 15.7. The Bertz CT molecular complexity index is 435. The molecule has 0 amide bonds. The molecule has 0 atom stereocenters. The molecule has 0 aromatic heterocycles. The highest BCUT2D eigenvalue weighted by Crippen LogP contribution is 2.41. The van der Waals surface area contributed by atoms with Gasteiger partial charge in [-0.2, -0.15) is 0 Å². The minimum atomic E-state index is 0.0596. The van der Waals surface area contributed by atoms with Crippen molar-refractivity contribution in [3.05, 3.63) is 24.3 Å². The zero-order valence-electron chi connectivity index (χ0n) is 13.2. The fourth-order valence-corrected chi connectivity index (χ4v) is 3.10. The predicted molar refractivity (Wildman–Crippen MR) is 87.8 cm³/mol. The van der Waals surface area contributed by atoms with E-state index in [9.17, 15) is 0 Å². The average Bonchev–Trinajstić information content (AvgIpc) is 2.34. The van der Waals surface area contributed by atoms with Gasteiger partial charge >= 0.3 is 0 Å². The molecule has 0 aliphatic heterocycles. The van der Waals surface area contributed by atoms with Crippen LogP contribution in [0.25, 0.3) is 0 Å². The molecule has 20 heavy (non-hydrogen) atoms. The van der Waals surface area contributed by atoms with Crippen molar-refractivity contribution in [2.45, 2.75) is 62.5 Å². The first-order valence-electron chi connectivity index (χ1n) is 7.51. The first-order valence-corrected chi connectivity index (χ1v) is 8.74. The standard InChI is InChI=1S/C17H27NOS/c1-16(2,3)18-13-12-17(10-7-11-17)19-14-8-5-6-9-15(14)20-4/h5-6,8-9,18H,7,10-13H2,1-4H3. The van der Waals surface area contributed by atoms with E-state index in [-0.39, 0.29) is 11.1 Å². The van der Waals surface area contributed by atoms with Crippen molar-refractivity contribution in [2.75, 3.05) is 12.8 Å². The van der Waals surface area contributed by atoms with Gasteiger partial charge in [0.2, 0.25) is 0 Å². The van der Waals surface area contributed by atoms with Gasteiger partial charge in [0.1, 0.15) is 11.4 Å². The predicted octanol–water partition coefficient (Wildman–Crippen LogP) is 4.49. The molecule has 0 saturated heterocycles. The fourth-order valence-electron chi connectivity index (χ4n) is 2.58. The van der Waals surface area contributed by atoms with E-state index in [0.717, 1.165) is 18.7 Å². The molecule has 2 nitrogen and oxygen atoms in total. The second-order valence-corrected chi connectivity index (χ2v) is 7.56. The average molecular weight is 293 g/mol. The summed E-state index contributed by atoms with van der Waals surface area (Å²) in [4.78, 5) is 1.24. The summed E-state index contributed by atoms with van der Waals surface area (Å²) in [6, 6.07) is 8.38. The Morgan fingerprint density at radius 3 is 2.50 bits per heavy atom. The van der Waals surface area contributed by atoms with E-state index < -0.39 is 0 Å². The fraction of sp³-hybridized carbons (Fsp3) is 0.647. The summed E-state index contributed by atoms with van der Waals surface area (Å²) in [6.07, 6.45) is 6.85. The van der Waals surface area contributed by atoms with E-state index in [1.54, 1.807) is 11.8 Å². The molecular formula is C17H27NOS. The molecule has 3 heteroatoms. The van der Waals surface area contributed by atoms with Crippen LogP contribution in [-0.4, -0.2) is 23.9 Å². The molecule has 1 fully saturated rings. The Hall–Kier alpha value is -0.670. The lowest BCUT2D eigenvalue weighted by Gasteiger charge is -2.43. The molecule has 0 spiro atoms. The van der Waals surface area contributed by atoms with Crippen LogP contribution >= 0.6 is 11.8 Å². The van der Waals surface area contributed by atoms with Crippen LogP contribution in [0.5, 0.6) is 5.75 Å². The van der Waals surface area contributed by atoms with Gasteiger partial charge in [0.05, 0.1) is 0 Å². The summed E-state index contributed by atoms with van der Waals surface area (Å²) < 4.78 is 6.41. The minimum Gasteiger partial charge on any atom is -0.486 e. The van der Waals surface area contributed by atoms with Crippen molar-refractivity contribution in [2.24, 2.45) is 0 Å². The Kier molecular flexibility index (Phi) is 5.03. The molecule has 112 valence electrons. The maximum atomic E-state index is 6.41. The summed E-state index contributed by atoms with van der Waals surface area (Å²) in [6.45, 7) is 7.66. The zero-order chi connectivity index (χ0) is 14.6. The van der Waals surface area contributed by atoms with Gasteiger partial charge in [0, 0.05) is 10.4 Å². The number of rotatable bonds is 6. The third-order valence-corrected chi connectivity index (χ3v) is 4.67. The quantitative estimate of drug-likeness (QED) is 0.781. The molecule has 1 saturated carbocycles. The van der Waals surface area contributed by atoms with Gasteiger partial charge < -0.3 is 10.1 Å². The summed E-state index contributed by atoms with van der Waals surface area (Å²) in [7, 11) is 0. The lowest BCUT2D eigenvalue weighted by atomic mass is 9.77. The number of ether oxygens (including phenoxy) is 1. The lowest BCUT2D eigenvalue weighted by molar-refractivity contribution is -0.0174. The molecule has 0 bridgehead atoms. The number of hydrogen-bond donors (Lipinski definition) is 1. The number of para-hydroxylation sites is 1. The van der Waals surface area contributed by atoms with Gasteiger partial charge in [0.15, 0.2) is 0 Å². The van der Waals surface area contributed by atoms with Crippen molar-refractivity contribution < 1.29 is 4.74 Å². The van der Waals surface area contributed by atoms with Crippen LogP contribution < -0.4 is 10.1 Å². The van der Waals surface area contributed by atoms with E-state index in [0.29, 0.717) is 0 Å². The van der Waals surface area contributed by atoms with Crippen molar-refractivity contribution in [1.29, 1.82) is 0 Å². The largest absolute Gasteiger partial charge is 0.486 e. The molecular weight excluding hydrogens is 266 g/mol. The summed E-state index contributed by atoms with van der Waals surface area (Å²) in [5.74, 6) is 1.05. The molecule has 0 radical (unpaired) electrons. The summed E-state index contributed by atoms with van der Waals surface area (Å²) >= 11 is 1.76. The molecule has 0 unspecified atom stereocenters. The Balaban J connectivity index is 1.97. The minimum absolute atomic E-state index is 0.0596. The van der Waals surface area contributed by atoms with Crippen molar-refractivity contribution in [3.63, 3.8) is 0 Å². The van der Waals surface area contributed by atoms with Crippen LogP contribution in [0, 0.1) is 0 Å². The van der Waals surface area contributed by atoms with Crippen LogP contribution in [0.1, 0.15) is 46.5 Å². The Morgan fingerprint density at radius 1 is 1.25 bits per heavy atom. The molecule has 2 rings (SSSR count). The van der Waals surface area contributed by atoms with Gasteiger partial charge in [-0.05, 0) is 71.4 Å². The molecule has 1 aliphatic rings. The molecule has 1 aromatic carbocycles. The van der Waals surface area contributed by atoms with Crippen molar-refractivity contribution in [3.8, 4) is 5.75 Å². The monoisotopic (exact) mass is 293 g/mol. The second-order valence-electron chi connectivity index (χ2n) is 6.72. The topological polar surface area (TPSA) is 21.3 Å². The highest BCUT2D eigenvalue weighted by atomic mass is 32.2. The third-order valence-electron chi connectivity index (χ3n) is 3.90. The summed E-state index contributed by atoms with van der Waals surface area (Å²) in [5, 5.41) is 3.57. The van der Waals surface area contributed by atoms with Crippen LogP contribution in [-0.2, 0) is 0 Å². The van der Waals surface area contributed by atoms with E-state index in [2.05, 4.69) is 56.6 Å².